The smallest absolute Gasteiger partial charge is 0.353 e. The van der Waals surface area contributed by atoms with E-state index in [2.05, 4.69) is 36.5 Å². The number of rotatable bonds is 5. The van der Waals surface area contributed by atoms with Crippen molar-refractivity contribution in [2.75, 3.05) is 12.4 Å². The molecule has 1 aliphatic rings. The summed E-state index contributed by atoms with van der Waals surface area (Å²) in [6.07, 6.45) is -3.10. The number of hydrogen-bond acceptors (Lipinski definition) is 6. The molecule has 10 nitrogen and oxygen atoms in total. The predicted octanol–water partition coefficient (Wildman–Crippen LogP) is 3.51. The Morgan fingerprint density at radius 3 is 2.54 bits per heavy atom. The van der Waals surface area contributed by atoms with Crippen LogP contribution in [0.5, 0.6) is 0 Å². The molecule has 14 heteroatoms. The van der Waals surface area contributed by atoms with Gasteiger partial charge >= 0.3 is 6.18 Å². The highest BCUT2D eigenvalue weighted by Crippen LogP contribution is 2.36. The van der Waals surface area contributed by atoms with E-state index in [1.165, 1.54) is 39.4 Å². The van der Waals surface area contributed by atoms with Crippen molar-refractivity contribution in [2.45, 2.75) is 52.0 Å². The van der Waals surface area contributed by atoms with E-state index < -0.39 is 35.2 Å². The summed E-state index contributed by atoms with van der Waals surface area (Å²) in [5, 5.41) is 5.64. The van der Waals surface area contributed by atoms with Gasteiger partial charge in [-0.15, -0.1) is 0 Å². The normalized spacial score (nSPS) is 15.3. The summed E-state index contributed by atoms with van der Waals surface area (Å²) in [6.45, 7) is 5.38. The van der Waals surface area contributed by atoms with Gasteiger partial charge in [-0.3, -0.25) is 14.4 Å². The minimum Gasteiger partial charge on any atom is -0.353 e. The number of alkyl halides is 3. The van der Waals surface area contributed by atoms with Crippen LogP contribution in [0.4, 0.5) is 19.1 Å². The van der Waals surface area contributed by atoms with Crippen molar-refractivity contribution in [1.29, 1.82) is 0 Å². The molecule has 1 atom stereocenters. The van der Waals surface area contributed by atoms with Gasteiger partial charge in [0.2, 0.25) is 5.95 Å². The SMILES string of the molecule is CNC(=O)c1ncc(-n2c(NC(C)C)nc3c(c2=O)C[C@@H](C)N(C(=O)c2ccc(Br)c(C(F)(F)F)c2)C3)n1C. The molecule has 2 amide bonds. The Kier molecular flexibility index (Phi) is 7.61. The molecule has 39 heavy (non-hydrogen) atoms. The summed E-state index contributed by atoms with van der Waals surface area (Å²) in [5.41, 5.74) is -0.749. The van der Waals surface area contributed by atoms with Gasteiger partial charge in [0, 0.05) is 41.8 Å². The molecule has 0 saturated heterocycles. The highest BCUT2D eigenvalue weighted by atomic mass is 79.9. The van der Waals surface area contributed by atoms with Gasteiger partial charge in [0.1, 0.15) is 5.82 Å². The minimum atomic E-state index is -4.64. The van der Waals surface area contributed by atoms with E-state index in [0.717, 1.165) is 6.07 Å². The van der Waals surface area contributed by atoms with Crippen molar-refractivity contribution < 1.29 is 22.8 Å². The molecular formula is C25H27BrF3N7O3. The van der Waals surface area contributed by atoms with E-state index >= 15 is 0 Å². The van der Waals surface area contributed by atoms with Crippen LogP contribution < -0.4 is 16.2 Å². The van der Waals surface area contributed by atoms with Gasteiger partial charge < -0.3 is 20.1 Å². The summed E-state index contributed by atoms with van der Waals surface area (Å²) in [5.74, 6) is -0.420. The average molecular weight is 610 g/mol. The number of anilines is 1. The highest BCUT2D eigenvalue weighted by Gasteiger charge is 2.36. The van der Waals surface area contributed by atoms with E-state index in [4.69, 9.17) is 0 Å². The molecule has 0 spiro atoms. The molecule has 2 aromatic heterocycles. The van der Waals surface area contributed by atoms with Crippen LogP contribution >= 0.6 is 15.9 Å². The molecule has 0 unspecified atom stereocenters. The number of carbonyl (C=O) groups excluding carboxylic acids is 2. The number of imidazole rings is 1. The quantitative estimate of drug-likeness (QED) is 0.457. The van der Waals surface area contributed by atoms with E-state index in [-0.39, 0.29) is 40.8 Å². The predicted molar refractivity (Wildman–Crippen MR) is 141 cm³/mol. The number of nitrogens with one attached hydrogen (secondary N) is 2. The van der Waals surface area contributed by atoms with Crippen molar-refractivity contribution in [3.05, 3.63) is 67.4 Å². The molecular weight excluding hydrogens is 583 g/mol. The van der Waals surface area contributed by atoms with Gasteiger partial charge in [-0.25, -0.2) is 14.5 Å². The standard InChI is InChI=1S/C25H27BrF3N7O3/c1-12(2)32-24-33-18-11-35(22(38)14-6-7-17(26)16(9-14)25(27,28)29)13(3)8-15(18)23(39)36(24)19-10-31-20(34(19)5)21(37)30-4/h6-7,9-10,12-13H,8,11H2,1-5H3,(H,30,37)(H,32,33)/t13-/m1/s1. The summed E-state index contributed by atoms with van der Waals surface area (Å²) in [7, 11) is 3.08. The molecule has 3 heterocycles. The fraction of sp³-hybridized carbons (Fsp3) is 0.400. The number of hydrogen-bond donors (Lipinski definition) is 2. The minimum absolute atomic E-state index is 0.0650. The number of fused-ring (bicyclic) bond motifs is 1. The van der Waals surface area contributed by atoms with Crippen LogP contribution in [0.25, 0.3) is 5.82 Å². The maximum atomic E-state index is 13.8. The van der Waals surface area contributed by atoms with E-state index in [1.54, 1.807) is 14.0 Å². The Hall–Kier alpha value is -3.68. The molecule has 1 aliphatic heterocycles. The third-order valence-electron chi connectivity index (χ3n) is 6.43. The molecule has 4 rings (SSSR count). The highest BCUT2D eigenvalue weighted by molar-refractivity contribution is 9.10. The lowest BCUT2D eigenvalue weighted by Gasteiger charge is -2.35. The number of carbonyl (C=O) groups is 2. The molecule has 3 aromatic rings. The first kappa shape index (κ1) is 28.3. The molecule has 0 bridgehead atoms. The van der Waals surface area contributed by atoms with Gasteiger partial charge in [-0.1, -0.05) is 15.9 Å². The van der Waals surface area contributed by atoms with Crippen molar-refractivity contribution in [2.24, 2.45) is 7.05 Å². The Labute approximate surface area is 230 Å². The van der Waals surface area contributed by atoms with Crippen LogP contribution in [0, 0.1) is 0 Å². The van der Waals surface area contributed by atoms with E-state index in [0.29, 0.717) is 17.1 Å². The second-order valence-corrected chi connectivity index (χ2v) is 10.4. The monoisotopic (exact) mass is 609 g/mol. The molecule has 0 saturated carbocycles. The number of benzene rings is 1. The Morgan fingerprint density at radius 1 is 1.23 bits per heavy atom. The molecule has 1 aromatic carbocycles. The average Bonchev–Trinajstić information content (AvgIpc) is 3.23. The lowest BCUT2D eigenvalue weighted by molar-refractivity contribution is -0.138. The van der Waals surface area contributed by atoms with Crippen LogP contribution in [-0.2, 0) is 26.2 Å². The summed E-state index contributed by atoms with van der Waals surface area (Å²) in [4.78, 5) is 49.6. The molecule has 0 fully saturated rings. The number of halogens is 4. The molecule has 2 N–H and O–H groups in total. The second-order valence-electron chi connectivity index (χ2n) is 9.56. The van der Waals surface area contributed by atoms with Crippen molar-refractivity contribution in [1.82, 2.24) is 29.3 Å². The number of amides is 2. The largest absolute Gasteiger partial charge is 0.417 e. The Morgan fingerprint density at radius 2 is 1.92 bits per heavy atom. The first-order chi connectivity index (χ1) is 18.2. The fourth-order valence-corrected chi connectivity index (χ4v) is 4.94. The van der Waals surface area contributed by atoms with Crippen molar-refractivity contribution in [3.63, 3.8) is 0 Å². The van der Waals surface area contributed by atoms with Crippen molar-refractivity contribution >= 4 is 33.7 Å². The van der Waals surface area contributed by atoms with Gasteiger partial charge in [0.25, 0.3) is 17.4 Å². The third kappa shape index (κ3) is 5.29. The van der Waals surface area contributed by atoms with Gasteiger partial charge in [0.15, 0.2) is 5.82 Å². The van der Waals surface area contributed by atoms with E-state index in [9.17, 15) is 27.6 Å². The summed E-state index contributed by atoms with van der Waals surface area (Å²) < 4.78 is 43.0. The van der Waals surface area contributed by atoms with Crippen LogP contribution in [0.2, 0.25) is 0 Å². The first-order valence-electron chi connectivity index (χ1n) is 12.1. The van der Waals surface area contributed by atoms with E-state index in [1.807, 2.05) is 13.8 Å². The van der Waals surface area contributed by atoms with Crippen LogP contribution in [0.15, 0.2) is 33.7 Å². The lowest BCUT2D eigenvalue weighted by Crippen LogP contribution is -2.46. The van der Waals surface area contributed by atoms with Gasteiger partial charge in [0.05, 0.1) is 24.0 Å². The fourth-order valence-electron chi connectivity index (χ4n) is 4.47. The van der Waals surface area contributed by atoms with Gasteiger partial charge in [-0.2, -0.15) is 13.2 Å². The number of aromatic nitrogens is 4. The zero-order valence-corrected chi connectivity index (χ0v) is 23.4. The summed E-state index contributed by atoms with van der Waals surface area (Å²) in [6, 6.07) is 2.71. The Balaban J connectivity index is 1.78. The van der Waals surface area contributed by atoms with Crippen molar-refractivity contribution in [3.8, 4) is 5.82 Å². The zero-order chi connectivity index (χ0) is 28.8. The van der Waals surface area contributed by atoms with Crippen LogP contribution in [0.3, 0.4) is 0 Å². The maximum Gasteiger partial charge on any atom is 0.417 e. The molecule has 0 radical (unpaired) electrons. The summed E-state index contributed by atoms with van der Waals surface area (Å²) >= 11 is 2.90. The second kappa shape index (κ2) is 10.5. The molecule has 0 aliphatic carbocycles. The van der Waals surface area contributed by atoms with Crippen LogP contribution in [0.1, 0.15) is 58.6 Å². The third-order valence-corrected chi connectivity index (χ3v) is 7.13. The molecule has 208 valence electrons. The lowest BCUT2D eigenvalue weighted by atomic mass is 9.98. The Bertz CT molecular complexity index is 1510. The van der Waals surface area contributed by atoms with Gasteiger partial charge in [-0.05, 0) is 45.4 Å². The first-order valence-corrected chi connectivity index (χ1v) is 12.9. The number of nitrogens with zero attached hydrogens (tertiary/aromatic N) is 5. The topological polar surface area (TPSA) is 114 Å². The maximum absolute atomic E-state index is 13.8. The zero-order valence-electron chi connectivity index (χ0n) is 21.9. The van der Waals surface area contributed by atoms with Crippen LogP contribution in [-0.4, -0.2) is 54.9 Å².